The van der Waals surface area contributed by atoms with Gasteiger partial charge in [0.25, 0.3) is 5.56 Å². The Balaban J connectivity index is 1.73. The Morgan fingerprint density at radius 3 is 2.78 bits per heavy atom. The zero-order chi connectivity index (χ0) is 19.4. The molecule has 1 amide bonds. The van der Waals surface area contributed by atoms with Crippen molar-refractivity contribution in [3.8, 4) is 0 Å². The fraction of sp³-hybridized carbons (Fsp3) is 0.600. The van der Waals surface area contributed by atoms with E-state index in [0.29, 0.717) is 28.7 Å². The Morgan fingerprint density at radius 2 is 2.07 bits per heavy atom. The molecule has 1 N–H and O–H groups in total. The Hall–Kier alpha value is -1.89. The normalized spacial score (nSPS) is 20.1. The van der Waals surface area contributed by atoms with E-state index in [9.17, 15) is 9.59 Å². The Labute approximate surface area is 164 Å². The third-order valence-electron chi connectivity index (χ3n) is 4.96. The summed E-state index contributed by atoms with van der Waals surface area (Å²) in [6, 6.07) is 3.77. The summed E-state index contributed by atoms with van der Waals surface area (Å²) < 4.78 is 1.68. The maximum absolute atomic E-state index is 12.8. The number of hydrogen-bond acceptors (Lipinski definition) is 5. The molecule has 1 aliphatic carbocycles. The minimum absolute atomic E-state index is 0.00557. The van der Waals surface area contributed by atoms with Gasteiger partial charge in [-0.15, -0.1) is 0 Å². The molecule has 0 bridgehead atoms. The number of fused-ring (bicyclic) bond motifs is 1. The SMILES string of the molecule is CC(C)Cn1c(SCC(=O)NC2CCC(C)CC2)nc2ncccc2c1=O. The first-order valence-corrected chi connectivity index (χ1v) is 10.7. The van der Waals surface area contributed by atoms with E-state index < -0.39 is 0 Å². The predicted molar refractivity (Wildman–Crippen MR) is 109 cm³/mol. The summed E-state index contributed by atoms with van der Waals surface area (Å²) in [7, 11) is 0. The van der Waals surface area contributed by atoms with E-state index in [1.54, 1.807) is 22.9 Å². The number of thioether (sulfide) groups is 1. The average Bonchev–Trinajstić information content (AvgIpc) is 2.64. The van der Waals surface area contributed by atoms with Crippen molar-refractivity contribution in [3.05, 3.63) is 28.7 Å². The molecule has 0 radical (unpaired) electrons. The van der Waals surface area contributed by atoms with Crippen LogP contribution in [0.15, 0.2) is 28.3 Å². The molecule has 0 aromatic carbocycles. The molecule has 2 heterocycles. The largest absolute Gasteiger partial charge is 0.353 e. The van der Waals surface area contributed by atoms with Crippen molar-refractivity contribution >= 4 is 28.7 Å². The lowest BCUT2D eigenvalue weighted by Crippen LogP contribution is -2.38. The van der Waals surface area contributed by atoms with Gasteiger partial charge in [-0.1, -0.05) is 32.5 Å². The summed E-state index contributed by atoms with van der Waals surface area (Å²) >= 11 is 1.32. The van der Waals surface area contributed by atoms with Gasteiger partial charge in [0.15, 0.2) is 10.8 Å². The molecule has 1 saturated carbocycles. The highest BCUT2D eigenvalue weighted by Crippen LogP contribution is 2.24. The number of pyridine rings is 1. The van der Waals surface area contributed by atoms with Gasteiger partial charge in [-0.3, -0.25) is 14.2 Å². The van der Waals surface area contributed by atoms with Gasteiger partial charge in [-0.2, -0.15) is 0 Å². The van der Waals surface area contributed by atoms with Gasteiger partial charge in [0.05, 0.1) is 11.1 Å². The molecule has 3 rings (SSSR count). The van der Waals surface area contributed by atoms with Gasteiger partial charge >= 0.3 is 0 Å². The summed E-state index contributed by atoms with van der Waals surface area (Å²) in [5, 5.41) is 4.21. The van der Waals surface area contributed by atoms with E-state index in [1.165, 1.54) is 24.6 Å². The van der Waals surface area contributed by atoms with Crippen LogP contribution in [0, 0.1) is 11.8 Å². The second kappa shape index (κ2) is 8.87. The van der Waals surface area contributed by atoms with E-state index in [1.807, 2.05) is 0 Å². The molecule has 6 nitrogen and oxygen atoms in total. The van der Waals surface area contributed by atoms with E-state index in [-0.39, 0.29) is 23.3 Å². The minimum atomic E-state index is -0.0917. The number of nitrogens with one attached hydrogen (secondary N) is 1. The molecule has 27 heavy (non-hydrogen) atoms. The molecule has 0 saturated heterocycles. The lowest BCUT2D eigenvalue weighted by molar-refractivity contribution is -0.119. The number of nitrogens with zero attached hydrogens (tertiary/aromatic N) is 3. The van der Waals surface area contributed by atoms with Crippen molar-refractivity contribution in [1.82, 2.24) is 19.9 Å². The summed E-state index contributed by atoms with van der Waals surface area (Å²) in [6.07, 6.45) is 6.07. The highest BCUT2D eigenvalue weighted by atomic mass is 32.2. The fourth-order valence-electron chi connectivity index (χ4n) is 3.48. The van der Waals surface area contributed by atoms with Crippen molar-refractivity contribution < 1.29 is 4.79 Å². The van der Waals surface area contributed by atoms with Crippen molar-refractivity contribution in [2.45, 2.75) is 64.2 Å². The third kappa shape index (κ3) is 5.09. The summed E-state index contributed by atoms with van der Waals surface area (Å²) in [5.41, 5.74) is 0.345. The van der Waals surface area contributed by atoms with Crippen LogP contribution in [-0.4, -0.2) is 32.2 Å². The number of carbonyl (C=O) groups excluding carboxylic acids is 1. The first-order valence-electron chi connectivity index (χ1n) is 9.71. The number of rotatable bonds is 6. The lowest BCUT2D eigenvalue weighted by atomic mass is 9.87. The summed E-state index contributed by atoms with van der Waals surface area (Å²) in [5.74, 6) is 1.32. The Morgan fingerprint density at radius 1 is 1.33 bits per heavy atom. The van der Waals surface area contributed by atoms with Crippen LogP contribution < -0.4 is 10.9 Å². The van der Waals surface area contributed by atoms with Crippen LogP contribution in [0.25, 0.3) is 11.0 Å². The van der Waals surface area contributed by atoms with Crippen LogP contribution in [0.3, 0.4) is 0 Å². The zero-order valence-corrected chi connectivity index (χ0v) is 17.1. The monoisotopic (exact) mass is 388 g/mol. The van der Waals surface area contributed by atoms with Gasteiger partial charge < -0.3 is 5.32 Å². The van der Waals surface area contributed by atoms with Gasteiger partial charge in [-0.25, -0.2) is 9.97 Å². The Bertz CT molecular complexity index is 857. The molecule has 0 aliphatic heterocycles. The zero-order valence-electron chi connectivity index (χ0n) is 16.3. The minimum Gasteiger partial charge on any atom is -0.353 e. The fourth-order valence-corrected chi connectivity index (χ4v) is 4.28. The molecule has 0 atom stereocenters. The summed E-state index contributed by atoms with van der Waals surface area (Å²) in [6.45, 7) is 6.96. The molecular weight excluding hydrogens is 360 g/mol. The van der Waals surface area contributed by atoms with Crippen molar-refractivity contribution in [3.63, 3.8) is 0 Å². The first-order chi connectivity index (χ1) is 12.9. The van der Waals surface area contributed by atoms with Gasteiger partial charge in [0.1, 0.15) is 0 Å². The molecule has 1 fully saturated rings. The maximum atomic E-state index is 12.8. The van der Waals surface area contributed by atoms with Crippen LogP contribution in [0.5, 0.6) is 0 Å². The Kier molecular flexibility index (Phi) is 6.52. The first kappa shape index (κ1) is 19.9. The van der Waals surface area contributed by atoms with Crippen LogP contribution in [0.2, 0.25) is 0 Å². The number of hydrogen-bond donors (Lipinski definition) is 1. The number of carbonyl (C=O) groups is 1. The second-order valence-corrected chi connectivity index (χ2v) is 8.83. The molecule has 146 valence electrons. The third-order valence-corrected chi connectivity index (χ3v) is 5.93. The molecule has 7 heteroatoms. The molecular formula is C20H28N4O2S. The molecule has 0 unspecified atom stereocenters. The van der Waals surface area contributed by atoms with E-state index in [4.69, 9.17) is 0 Å². The van der Waals surface area contributed by atoms with E-state index in [2.05, 4.69) is 36.1 Å². The molecule has 2 aromatic rings. The molecule has 0 spiro atoms. The van der Waals surface area contributed by atoms with E-state index >= 15 is 0 Å². The standard InChI is InChI=1S/C20H28N4O2S/c1-13(2)11-24-19(26)16-5-4-10-21-18(16)23-20(24)27-12-17(25)22-15-8-6-14(3)7-9-15/h4-5,10,13-15H,6-9,11-12H2,1-3H3,(H,22,25). The van der Waals surface area contributed by atoms with Crippen LogP contribution in [-0.2, 0) is 11.3 Å². The maximum Gasteiger partial charge on any atom is 0.263 e. The van der Waals surface area contributed by atoms with Crippen molar-refractivity contribution in [1.29, 1.82) is 0 Å². The van der Waals surface area contributed by atoms with Crippen LogP contribution >= 0.6 is 11.8 Å². The predicted octanol–water partition coefficient (Wildman–Crippen LogP) is 3.23. The van der Waals surface area contributed by atoms with Crippen molar-refractivity contribution in [2.24, 2.45) is 11.8 Å². The molecule has 2 aromatic heterocycles. The molecule has 1 aliphatic rings. The lowest BCUT2D eigenvalue weighted by Gasteiger charge is -2.26. The van der Waals surface area contributed by atoms with Crippen LogP contribution in [0.1, 0.15) is 46.5 Å². The summed E-state index contributed by atoms with van der Waals surface area (Å²) in [4.78, 5) is 34.0. The van der Waals surface area contributed by atoms with Crippen LogP contribution in [0.4, 0.5) is 0 Å². The van der Waals surface area contributed by atoms with Gasteiger partial charge in [-0.05, 0) is 49.7 Å². The second-order valence-electron chi connectivity index (χ2n) is 7.89. The number of aromatic nitrogens is 3. The topological polar surface area (TPSA) is 76.9 Å². The number of amides is 1. The smallest absolute Gasteiger partial charge is 0.263 e. The van der Waals surface area contributed by atoms with E-state index in [0.717, 1.165) is 18.8 Å². The van der Waals surface area contributed by atoms with Crippen molar-refractivity contribution in [2.75, 3.05) is 5.75 Å². The van der Waals surface area contributed by atoms with Gasteiger partial charge in [0, 0.05) is 18.8 Å². The highest BCUT2D eigenvalue weighted by Gasteiger charge is 2.20. The highest BCUT2D eigenvalue weighted by molar-refractivity contribution is 7.99. The van der Waals surface area contributed by atoms with Gasteiger partial charge in [0.2, 0.25) is 5.91 Å². The quantitative estimate of drug-likeness (QED) is 0.607. The average molecular weight is 389 g/mol.